The van der Waals surface area contributed by atoms with Gasteiger partial charge in [0.25, 0.3) is 15.9 Å². The van der Waals surface area contributed by atoms with Gasteiger partial charge in [0.15, 0.2) is 11.5 Å². The van der Waals surface area contributed by atoms with Gasteiger partial charge in [0, 0.05) is 56.9 Å². The van der Waals surface area contributed by atoms with E-state index in [4.69, 9.17) is 14.2 Å². The van der Waals surface area contributed by atoms with Crippen LogP contribution < -0.4 is 23.7 Å². The second-order valence-corrected chi connectivity index (χ2v) is 13.1. The first kappa shape index (κ1) is 33.5. The van der Waals surface area contributed by atoms with E-state index >= 15 is 0 Å². The fraction of sp³-hybridized carbons (Fsp3) is 0.321. The molecule has 13 heteroatoms. The van der Waals surface area contributed by atoms with Crippen LogP contribution in [-0.2, 0) is 31.3 Å². The monoisotopic (exact) mass is 627 g/mol. The summed E-state index contributed by atoms with van der Waals surface area (Å²) < 4.78 is 72.4. The SMILES string of the molecule is CCCc1cc(S(=O)(=O)NC)ccc1OC(C(=O)NS(=O)(=O)c1ccc(C(C)C)cc1)c1ccc2c(c1)OCO2.[K]. The van der Waals surface area contributed by atoms with E-state index < -0.39 is 32.1 Å². The van der Waals surface area contributed by atoms with Crippen LogP contribution >= 0.6 is 0 Å². The molecule has 1 unspecified atom stereocenters. The summed E-state index contributed by atoms with van der Waals surface area (Å²) in [6.45, 7) is 5.92. The molecule has 1 amide bonds. The summed E-state index contributed by atoms with van der Waals surface area (Å²) in [6.07, 6.45) is -0.291. The Balaban J connectivity index is 0.00000462. The zero-order chi connectivity index (χ0) is 29.1. The molecule has 0 fully saturated rings. The number of benzene rings is 3. The molecule has 3 aromatic rings. The summed E-state index contributed by atoms with van der Waals surface area (Å²) in [7, 11) is -6.63. The van der Waals surface area contributed by atoms with Crippen molar-refractivity contribution in [3.8, 4) is 17.2 Å². The Morgan fingerprint density at radius 3 is 2.15 bits per heavy atom. The van der Waals surface area contributed by atoms with Crippen molar-refractivity contribution >= 4 is 77.3 Å². The van der Waals surface area contributed by atoms with Crippen LogP contribution in [0.5, 0.6) is 17.2 Å². The number of rotatable bonds is 11. The molecule has 215 valence electrons. The Morgan fingerprint density at radius 1 is 0.878 bits per heavy atom. The van der Waals surface area contributed by atoms with Crippen LogP contribution in [0, 0.1) is 0 Å². The van der Waals surface area contributed by atoms with E-state index in [0.717, 1.165) is 5.56 Å². The van der Waals surface area contributed by atoms with Crippen molar-refractivity contribution in [1.82, 2.24) is 9.44 Å². The number of carbonyl (C=O) groups excluding carboxylic acids is 1. The quantitative estimate of drug-likeness (QED) is 0.308. The molecule has 0 saturated heterocycles. The molecular formula is C28H32KN2O8S2. The number of sulfonamides is 2. The van der Waals surface area contributed by atoms with Gasteiger partial charge in [-0.05, 0) is 73.0 Å². The Hall–Kier alpha value is -1.97. The van der Waals surface area contributed by atoms with Crippen LogP contribution in [0.2, 0.25) is 0 Å². The standard InChI is InChI=1S/C28H32N2O8S2.K/c1-5-6-20-15-23(39(32,33)29-4)12-14-24(20)38-27(21-9-13-25-26(16-21)37-17-36-25)28(31)30-40(34,35)22-10-7-19(8-11-22)18(2)3;/h7-16,18,27,29H,5-6,17H2,1-4H3,(H,30,31);. The van der Waals surface area contributed by atoms with Crippen molar-refractivity contribution in [1.29, 1.82) is 0 Å². The van der Waals surface area contributed by atoms with Crippen molar-refractivity contribution in [2.24, 2.45) is 0 Å². The number of ether oxygens (including phenoxy) is 3. The van der Waals surface area contributed by atoms with Gasteiger partial charge in [-0.1, -0.05) is 45.4 Å². The molecule has 0 bridgehead atoms. The maximum Gasteiger partial charge on any atom is 0.279 e. The van der Waals surface area contributed by atoms with Gasteiger partial charge >= 0.3 is 0 Å². The number of fused-ring (bicyclic) bond motifs is 1. The average molecular weight is 628 g/mol. The fourth-order valence-electron chi connectivity index (χ4n) is 4.17. The first-order valence-electron chi connectivity index (χ1n) is 12.7. The summed E-state index contributed by atoms with van der Waals surface area (Å²) in [5, 5.41) is 0. The van der Waals surface area contributed by atoms with Crippen LogP contribution in [0.1, 0.15) is 55.9 Å². The van der Waals surface area contributed by atoms with Gasteiger partial charge in [0.2, 0.25) is 22.9 Å². The van der Waals surface area contributed by atoms with E-state index in [0.29, 0.717) is 35.5 Å². The van der Waals surface area contributed by atoms with E-state index in [1.54, 1.807) is 30.3 Å². The average Bonchev–Trinajstić information content (AvgIpc) is 3.40. The van der Waals surface area contributed by atoms with Crippen molar-refractivity contribution < 1.29 is 35.8 Å². The Kier molecular flexibility index (Phi) is 11.4. The molecule has 1 atom stereocenters. The van der Waals surface area contributed by atoms with Gasteiger partial charge in [-0.2, -0.15) is 0 Å². The molecule has 1 aliphatic rings. The molecule has 3 aromatic carbocycles. The Bertz CT molecular complexity index is 1610. The molecule has 4 rings (SSSR count). The maximum absolute atomic E-state index is 13.6. The van der Waals surface area contributed by atoms with Crippen molar-refractivity contribution in [3.63, 3.8) is 0 Å². The Labute approximate surface area is 283 Å². The third kappa shape index (κ3) is 7.90. The first-order valence-corrected chi connectivity index (χ1v) is 15.7. The largest absolute Gasteiger partial charge is 0.475 e. The molecule has 1 heterocycles. The van der Waals surface area contributed by atoms with Gasteiger partial charge in [0.1, 0.15) is 5.75 Å². The van der Waals surface area contributed by atoms with Gasteiger partial charge in [-0.25, -0.2) is 26.3 Å². The fourth-order valence-corrected chi connectivity index (χ4v) is 5.94. The van der Waals surface area contributed by atoms with E-state index in [2.05, 4.69) is 9.44 Å². The third-order valence-corrected chi connectivity index (χ3v) is 9.18. The smallest absolute Gasteiger partial charge is 0.279 e. The summed E-state index contributed by atoms with van der Waals surface area (Å²) >= 11 is 0. The molecule has 0 saturated carbocycles. The second-order valence-electron chi connectivity index (χ2n) is 9.53. The topological polar surface area (TPSA) is 137 Å². The van der Waals surface area contributed by atoms with E-state index in [1.807, 2.05) is 20.8 Å². The normalized spacial score (nSPS) is 13.4. The predicted octanol–water partition coefficient (Wildman–Crippen LogP) is 3.64. The number of aryl methyl sites for hydroxylation is 1. The minimum absolute atomic E-state index is 0. The summed E-state index contributed by atoms with van der Waals surface area (Å²) in [6, 6.07) is 15.3. The van der Waals surface area contributed by atoms with E-state index in [1.165, 1.54) is 37.4 Å². The number of hydrogen-bond donors (Lipinski definition) is 2. The van der Waals surface area contributed by atoms with E-state index in [9.17, 15) is 21.6 Å². The van der Waals surface area contributed by atoms with Crippen molar-refractivity contribution in [2.45, 2.75) is 55.4 Å². The zero-order valence-corrected chi connectivity index (χ0v) is 28.4. The molecule has 41 heavy (non-hydrogen) atoms. The molecule has 0 spiro atoms. The van der Waals surface area contributed by atoms with Crippen LogP contribution in [0.3, 0.4) is 0 Å². The van der Waals surface area contributed by atoms with Crippen molar-refractivity contribution in [2.75, 3.05) is 13.8 Å². The van der Waals surface area contributed by atoms with Crippen molar-refractivity contribution in [3.05, 3.63) is 77.4 Å². The van der Waals surface area contributed by atoms with Crippen LogP contribution in [0.25, 0.3) is 0 Å². The van der Waals surface area contributed by atoms with Gasteiger partial charge in [-0.3, -0.25) is 4.79 Å². The third-order valence-electron chi connectivity index (χ3n) is 6.40. The second kappa shape index (κ2) is 14.0. The van der Waals surface area contributed by atoms with Crippen LogP contribution in [0.4, 0.5) is 0 Å². The molecule has 1 aliphatic heterocycles. The molecular weight excluding hydrogens is 596 g/mol. The number of nitrogens with one attached hydrogen (secondary N) is 2. The summed E-state index contributed by atoms with van der Waals surface area (Å²) in [4.78, 5) is 13.5. The molecule has 10 nitrogen and oxygen atoms in total. The van der Waals surface area contributed by atoms with Gasteiger partial charge < -0.3 is 14.2 Å². The zero-order valence-electron chi connectivity index (χ0n) is 23.6. The minimum atomic E-state index is -4.23. The summed E-state index contributed by atoms with van der Waals surface area (Å²) in [5.74, 6) is 0.390. The number of hydrogen-bond acceptors (Lipinski definition) is 8. The molecule has 0 aliphatic carbocycles. The summed E-state index contributed by atoms with van der Waals surface area (Å²) in [5.41, 5.74) is 1.82. The minimum Gasteiger partial charge on any atom is -0.475 e. The van der Waals surface area contributed by atoms with Gasteiger partial charge in [0.05, 0.1) is 9.79 Å². The number of carbonyl (C=O) groups is 1. The Morgan fingerprint density at radius 2 is 1.51 bits per heavy atom. The first-order chi connectivity index (χ1) is 18.9. The maximum atomic E-state index is 13.6. The molecule has 2 N–H and O–H groups in total. The van der Waals surface area contributed by atoms with E-state index in [-0.39, 0.29) is 79.6 Å². The van der Waals surface area contributed by atoms with Crippen LogP contribution in [0.15, 0.2) is 70.5 Å². The molecule has 1 radical (unpaired) electrons. The predicted molar refractivity (Wildman–Crippen MR) is 154 cm³/mol. The van der Waals surface area contributed by atoms with Gasteiger partial charge in [-0.15, -0.1) is 0 Å². The number of amides is 1. The van der Waals surface area contributed by atoms with Crippen LogP contribution in [-0.4, -0.2) is 88.0 Å². The molecule has 0 aromatic heterocycles.